The number of amides is 2. The second-order valence-electron chi connectivity index (χ2n) is 3.89. The molecule has 1 heterocycles. The Labute approximate surface area is 113 Å². The van der Waals surface area contributed by atoms with E-state index < -0.39 is 6.04 Å². The molecule has 1 aromatic rings. The van der Waals surface area contributed by atoms with Gasteiger partial charge in [0.2, 0.25) is 5.91 Å². The molecule has 0 aliphatic carbocycles. The summed E-state index contributed by atoms with van der Waals surface area (Å²) in [6.45, 7) is 0.276. The third-order valence-electron chi connectivity index (χ3n) is 2.68. The molecule has 0 radical (unpaired) electrons. The fourth-order valence-corrected chi connectivity index (χ4v) is 2.10. The molecule has 0 bridgehead atoms. The Morgan fingerprint density at radius 1 is 1.39 bits per heavy atom. The Morgan fingerprint density at radius 2 is 2.06 bits per heavy atom. The first kappa shape index (κ1) is 12.8. The highest BCUT2D eigenvalue weighted by molar-refractivity contribution is 9.10. The maximum atomic E-state index is 12.1. The predicted molar refractivity (Wildman–Crippen MR) is 71.9 cm³/mol. The monoisotopic (exact) mass is 306 g/mol. The number of terminal acetylenes is 1. The molecule has 1 aliphatic heterocycles. The highest BCUT2D eigenvalue weighted by Gasteiger charge is 2.38. The van der Waals surface area contributed by atoms with Gasteiger partial charge >= 0.3 is 0 Å². The standard InChI is InChI=1S/C13H11BrN2O2/c1-2-7-15-11-8-12(17)16(13(11)18)10-5-3-9(14)4-6-10/h1,3-6,11,15H,7-8H2/t11-/m1/s1. The molecule has 0 spiro atoms. The maximum Gasteiger partial charge on any atom is 0.251 e. The molecule has 1 aliphatic rings. The van der Waals surface area contributed by atoms with Crippen LogP contribution in [0.3, 0.4) is 0 Å². The largest absolute Gasteiger partial charge is 0.295 e. The number of hydrogen-bond acceptors (Lipinski definition) is 3. The Bertz CT molecular complexity index is 519. The first-order chi connectivity index (χ1) is 8.63. The molecule has 1 atom stereocenters. The summed E-state index contributed by atoms with van der Waals surface area (Å²) >= 11 is 3.31. The Hall–Kier alpha value is -1.64. The van der Waals surface area contributed by atoms with Crippen LogP contribution in [0.15, 0.2) is 28.7 Å². The van der Waals surface area contributed by atoms with Gasteiger partial charge in [-0.15, -0.1) is 6.42 Å². The van der Waals surface area contributed by atoms with Crippen LogP contribution in [-0.4, -0.2) is 24.4 Å². The summed E-state index contributed by atoms with van der Waals surface area (Å²) in [6, 6.07) is 6.51. The van der Waals surface area contributed by atoms with Crippen LogP contribution >= 0.6 is 15.9 Å². The van der Waals surface area contributed by atoms with Gasteiger partial charge < -0.3 is 0 Å². The fourth-order valence-electron chi connectivity index (χ4n) is 1.83. The average Bonchev–Trinajstić information content (AvgIpc) is 2.63. The predicted octanol–water partition coefficient (Wildman–Crippen LogP) is 1.30. The SMILES string of the molecule is C#CCN[C@@H]1CC(=O)N(c2ccc(Br)cc2)C1=O. The van der Waals surface area contributed by atoms with E-state index in [9.17, 15) is 9.59 Å². The van der Waals surface area contributed by atoms with Gasteiger partial charge in [0, 0.05) is 4.47 Å². The van der Waals surface area contributed by atoms with Gasteiger partial charge in [-0.1, -0.05) is 21.9 Å². The van der Waals surface area contributed by atoms with Gasteiger partial charge in [-0.3, -0.25) is 14.9 Å². The van der Waals surface area contributed by atoms with E-state index in [1.54, 1.807) is 24.3 Å². The number of carbonyl (C=O) groups excluding carboxylic acids is 2. The molecule has 1 fully saturated rings. The van der Waals surface area contributed by atoms with Crippen molar-refractivity contribution in [3.05, 3.63) is 28.7 Å². The second-order valence-corrected chi connectivity index (χ2v) is 4.80. The van der Waals surface area contributed by atoms with Crippen molar-refractivity contribution < 1.29 is 9.59 Å². The molecule has 1 aromatic carbocycles. The third kappa shape index (κ3) is 2.45. The summed E-state index contributed by atoms with van der Waals surface area (Å²) in [7, 11) is 0. The lowest BCUT2D eigenvalue weighted by Gasteiger charge is -2.15. The minimum absolute atomic E-state index is 0.149. The molecular weight excluding hydrogens is 296 g/mol. The van der Waals surface area contributed by atoms with Gasteiger partial charge in [0.15, 0.2) is 0 Å². The third-order valence-corrected chi connectivity index (χ3v) is 3.21. The summed E-state index contributed by atoms with van der Waals surface area (Å²) in [5.41, 5.74) is 0.582. The first-order valence-corrected chi connectivity index (χ1v) is 6.22. The smallest absolute Gasteiger partial charge is 0.251 e. The van der Waals surface area contributed by atoms with E-state index in [1.807, 2.05) is 0 Å². The van der Waals surface area contributed by atoms with Crippen molar-refractivity contribution in [2.45, 2.75) is 12.5 Å². The van der Waals surface area contributed by atoms with Crippen LogP contribution in [0.1, 0.15) is 6.42 Å². The van der Waals surface area contributed by atoms with Crippen molar-refractivity contribution in [2.24, 2.45) is 0 Å². The van der Waals surface area contributed by atoms with E-state index in [-0.39, 0.29) is 24.8 Å². The minimum Gasteiger partial charge on any atom is -0.295 e. The molecule has 1 saturated heterocycles. The van der Waals surface area contributed by atoms with E-state index in [0.29, 0.717) is 5.69 Å². The lowest BCUT2D eigenvalue weighted by molar-refractivity contribution is -0.121. The molecule has 2 rings (SSSR count). The van der Waals surface area contributed by atoms with E-state index in [4.69, 9.17) is 6.42 Å². The van der Waals surface area contributed by atoms with Crippen molar-refractivity contribution >= 4 is 33.4 Å². The van der Waals surface area contributed by atoms with E-state index >= 15 is 0 Å². The zero-order chi connectivity index (χ0) is 13.1. The lowest BCUT2D eigenvalue weighted by atomic mass is 10.2. The highest BCUT2D eigenvalue weighted by Crippen LogP contribution is 2.24. The van der Waals surface area contributed by atoms with Crippen LogP contribution in [0, 0.1) is 12.3 Å². The Balaban J connectivity index is 2.19. The number of halogens is 1. The second kappa shape index (κ2) is 5.34. The number of imide groups is 1. The van der Waals surface area contributed by atoms with Crippen LogP contribution in [0.2, 0.25) is 0 Å². The van der Waals surface area contributed by atoms with Crippen molar-refractivity contribution in [1.29, 1.82) is 0 Å². The summed E-state index contributed by atoms with van der Waals surface area (Å²) < 4.78 is 0.896. The Kier molecular flexibility index (Phi) is 3.80. The average molecular weight is 307 g/mol. The maximum absolute atomic E-state index is 12.1. The topological polar surface area (TPSA) is 49.4 Å². The van der Waals surface area contributed by atoms with Gasteiger partial charge in [0.05, 0.1) is 24.7 Å². The van der Waals surface area contributed by atoms with Gasteiger partial charge in [-0.05, 0) is 24.3 Å². The lowest BCUT2D eigenvalue weighted by Crippen LogP contribution is -2.38. The number of anilines is 1. The summed E-state index contributed by atoms with van der Waals surface area (Å²) in [5, 5.41) is 2.87. The van der Waals surface area contributed by atoms with E-state index in [1.165, 1.54) is 4.90 Å². The zero-order valence-electron chi connectivity index (χ0n) is 9.52. The van der Waals surface area contributed by atoms with Crippen LogP contribution in [0.25, 0.3) is 0 Å². The molecule has 2 amide bonds. The quantitative estimate of drug-likeness (QED) is 0.676. The number of nitrogens with one attached hydrogen (secondary N) is 1. The van der Waals surface area contributed by atoms with Crippen LogP contribution in [-0.2, 0) is 9.59 Å². The van der Waals surface area contributed by atoms with E-state index in [2.05, 4.69) is 27.2 Å². The van der Waals surface area contributed by atoms with Crippen molar-refractivity contribution in [3.8, 4) is 12.3 Å². The molecule has 4 nitrogen and oxygen atoms in total. The molecule has 0 aromatic heterocycles. The van der Waals surface area contributed by atoms with Crippen LogP contribution in [0.5, 0.6) is 0 Å². The summed E-state index contributed by atoms with van der Waals surface area (Å²) in [5.74, 6) is 1.93. The fraction of sp³-hybridized carbons (Fsp3) is 0.231. The number of hydrogen-bond donors (Lipinski definition) is 1. The number of benzene rings is 1. The molecule has 5 heteroatoms. The highest BCUT2D eigenvalue weighted by atomic mass is 79.9. The van der Waals surface area contributed by atoms with Crippen molar-refractivity contribution in [2.75, 3.05) is 11.4 Å². The minimum atomic E-state index is -0.516. The first-order valence-electron chi connectivity index (χ1n) is 5.42. The van der Waals surface area contributed by atoms with Crippen LogP contribution < -0.4 is 10.2 Å². The molecule has 18 heavy (non-hydrogen) atoms. The number of carbonyl (C=O) groups is 2. The number of rotatable bonds is 3. The summed E-state index contributed by atoms with van der Waals surface area (Å²) in [4.78, 5) is 25.1. The molecule has 0 saturated carbocycles. The zero-order valence-corrected chi connectivity index (χ0v) is 11.1. The molecular formula is C13H11BrN2O2. The molecule has 0 unspecified atom stereocenters. The summed E-state index contributed by atoms with van der Waals surface area (Å²) in [6.07, 6.45) is 5.27. The van der Waals surface area contributed by atoms with E-state index in [0.717, 1.165) is 4.47 Å². The Morgan fingerprint density at radius 3 is 2.67 bits per heavy atom. The van der Waals surface area contributed by atoms with Crippen molar-refractivity contribution in [3.63, 3.8) is 0 Å². The van der Waals surface area contributed by atoms with Gasteiger partial charge in [-0.2, -0.15) is 0 Å². The van der Waals surface area contributed by atoms with Gasteiger partial charge in [0.1, 0.15) is 0 Å². The normalized spacial score (nSPS) is 19.1. The van der Waals surface area contributed by atoms with Gasteiger partial charge in [0.25, 0.3) is 5.91 Å². The van der Waals surface area contributed by atoms with Crippen molar-refractivity contribution in [1.82, 2.24) is 5.32 Å². The van der Waals surface area contributed by atoms with Crippen LogP contribution in [0.4, 0.5) is 5.69 Å². The molecule has 1 N–H and O–H groups in total. The number of nitrogens with zero attached hydrogens (tertiary/aromatic N) is 1. The van der Waals surface area contributed by atoms with Gasteiger partial charge in [-0.25, -0.2) is 4.90 Å². The molecule has 92 valence electrons.